The first-order valence-electron chi connectivity index (χ1n) is 7.97. The van der Waals surface area contributed by atoms with Crippen molar-refractivity contribution in [2.45, 2.75) is 12.8 Å². The number of aromatic amines is 1. The molecule has 0 unspecified atom stereocenters. The number of rotatable bonds is 4. The third-order valence-electron chi connectivity index (χ3n) is 4.36. The second-order valence-corrected chi connectivity index (χ2v) is 5.84. The molecule has 1 aliphatic rings. The van der Waals surface area contributed by atoms with Crippen molar-refractivity contribution < 1.29 is 4.74 Å². The maximum absolute atomic E-state index is 5.79. The van der Waals surface area contributed by atoms with E-state index < -0.39 is 0 Å². The molecule has 0 amide bonds. The topological polar surface area (TPSA) is 66.9 Å². The average molecular weight is 309 g/mol. The van der Waals surface area contributed by atoms with Gasteiger partial charge in [-0.05, 0) is 30.9 Å². The summed E-state index contributed by atoms with van der Waals surface area (Å²) in [6.07, 6.45) is 7.52. The van der Waals surface area contributed by atoms with Crippen LogP contribution in [0.5, 0.6) is 5.88 Å². The van der Waals surface area contributed by atoms with Gasteiger partial charge >= 0.3 is 0 Å². The predicted molar refractivity (Wildman–Crippen MR) is 88.6 cm³/mol. The number of H-pyrrole nitrogens is 1. The molecule has 4 rings (SSSR count). The summed E-state index contributed by atoms with van der Waals surface area (Å²) in [6.45, 7) is 2.78. The van der Waals surface area contributed by atoms with E-state index in [1.54, 1.807) is 12.5 Å². The van der Waals surface area contributed by atoms with Crippen molar-refractivity contribution in [3.63, 3.8) is 0 Å². The van der Waals surface area contributed by atoms with Crippen molar-refractivity contribution >= 4 is 16.9 Å². The van der Waals surface area contributed by atoms with Crippen molar-refractivity contribution in [1.29, 1.82) is 0 Å². The van der Waals surface area contributed by atoms with Gasteiger partial charge in [0.05, 0.1) is 18.6 Å². The molecule has 3 aromatic heterocycles. The number of nitrogens with zero attached hydrogens (tertiary/aromatic N) is 4. The summed E-state index contributed by atoms with van der Waals surface area (Å²) < 4.78 is 5.79. The fourth-order valence-corrected chi connectivity index (χ4v) is 3.08. The van der Waals surface area contributed by atoms with Gasteiger partial charge < -0.3 is 14.6 Å². The Morgan fingerprint density at radius 1 is 1.09 bits per heavy atom. The average Bonchev–Trinajstić information content (AvgIpc) is 3.10. The quantitative estimate of drug-likeness (QED) is 0.802. The molecule has 6 nitrogen and oxygen atoms in total. The summed E-state index contributed by atoms with van der Waals surface area (Å²) in [5.74, 6) is 1.29. The van der Waals surface area contributed by atoms with Crippen LogP contribution in [0.15, 0.2) is 43.0 Å². The Labute approximate surface area is 134 Å². The fraction of sp³-hybridized carbons (Fsp3) is 0.353. The first-order chi connectivity index (χ1) is 11.4. The summed E-state index contributed by atoms with van der Waals surface area (Å²) in [6, 6.07) is 7.81. The molecular formula is C17H19N5O. The van der Waals surface area contributed by atoms with Gasteiger partial charge in [-0.2, -0.15) is 0 Å². The Bertz CT molecular complexity index is 765. The normalized spacial score (nSPS) is 15.9. The predicted octanol–water partition coefficient (Wildman–Crippen LogP) is 2.65. The molecule has 4 heterocycles. The van der Waals surface area contributed by atoms with E-state index in [2.05, 4.69) is 30.9 Å². The third kappa shape index (κ3) is 2.97. The largest absolute Gasteiger partial charge is 0.477 e. The highest BCUT2D eigenvalue weighted by Crippen LogP contribution is 2.27. The van der Waals surface area contributed by atoms with E-state index >= 15 is 0 Å². The second-order valence-electron chi connectivity index (χ2n) is 5.84. The Balaban J connectivity index is 1.37. The van der Waals surface area contributed by atoms with E-state index in [1.165, 1.54) is 5.69 Å². The summed E-state index contributed by atoms with van der Waals surface area (Å²) in [4.78, 5) is 18.3. The Morgan fingerprint density at radius 2 is 2.00 bits per heavy atom. The van der Waals surface area contributed by atoms with Crippen molar-refractivity contribution in [3.8, 4) is 5.88 Å². The minimum atomic E-state index is 0.576. The Morgan fingerprint density at radius 3 is 2.83 bits per heavy atom. The number of piperidine rings is 1. The smallest absolute Gasteiger partial charge is 0.213 e. The molecule has 23 heavy (non-hydrogen) atoms. The van der Waals surface area contributed by atoms with Crippen LogP contribution >= 0.6 is 0 Å². The van der Waals surface area contributed by atoms with Crippen LogP contribution in [-0.2, 0) is 0 Å². The molecular weight excluding hydrogens is 290 g/mol. The first-order valence-corrected chi connectivity index (χ1v) is 7.97. The molecule has 0 spiro atoms. The van der Waals surface area contributed by atoms with Gasteiger partial charge in [0.1, 0.15) is 5.52 Å². The maximum atomic E-state index is 5.79. The van der Waals surface area contributed by atoms with Gasteiger partial charge in [-0.15, -0.1) is 0 Å². The lowest BCUT2D eigenvalue weighted by atomic mass is 9.97. The summed E-state index contributed by atoms with van der Waals surface area (Å²) in [7, 11) is 0. The maximum Gasteiger partial charge on any atom is 0.213 e. The van der Waals surface area contributed by atoms with Gasteiger partial charge in [-0.25, -0.2) is 15.0 Å². The molecule has 0 saturated carbocycles. The van der Waals surface area contributed by atoms with Crippen LogP contribution in [0.4, 0.5) is 5.69 Å². The number of imidazole rings is 1. The lowest BCUT2D eigenvalue weighted by molar-refractivity contribution is 0.216. The molecule has 118 valence electrons. The number of pyridine rings is 2. The number of hydrogen-bond acceptors (Lipinski definition) is 5. The van der Waals surface area contributed by atoms with E-state index in [4.69, 9.17) is 4.74 Å². The zero-order chi connectivity index (χ0) is 15.5. The van der Waals surface area contributed by atoms with E-state index in [9.17, 15) is 0 Å². The van der Waals surface area contributed by atoms with Gasteiger partial charge in [-0.3, -0.25) is 0 Å². The van der Waals surface area contributed by atoms with E-state index in [-0.39, 0.29) is 0 Å². The van der Waals surface area contributed by atoms with Crippen LogP contribution in [0.2, 0.25) is 0 Å². The first kappa shape index (κ1) is 14.0. The standard InChI is InChI=1S/C17H19N5O/c1-2-7-18-15(3-1)23-11-13-5-9-22(10-6-13)14-4-8-19-17-16(14)20-12-21-17/h1-4,7-8,12-13H,5-6,9-11H2,(H,19,20,21). The van der Waals surface area contributed by atoms with Crippen LogP contribution < -0.4 is 9.64 Å². The molecule has 1 N–H and O–H groups in total. The van der Waals surface area contributed by atoms with E-state index in [0.717, 1.165) is 43.7 Å². The Hall–Kier alpha value is -2.63. The van der Waals surface area contributed by atoms with Gasteiger partial charge in [0.15, 0.2) is 5.65 Å². The number of fused-ring (bicyclic) bond motifs is 1. The van der Waals surface area contributed by atoms with Gasteiger partial charge in [0.25, 0.3) is 0 Å². The number of anilines is 1. The van der Waals surface area contributed by atoms with Crippen LogP contribution in [0, 0.1) is 5.92 Å². The van der Waals surface area contributed by atoms with Gasteiger partial charge in [0, 0.05) is 31.5 Å². The van der Waals surface area contributed by atoms with E-state index in [0.29, 0.717) is 11.8 Å². The number of hydrogen-bond donors (Lipinski definition) is 1. The van der Waals surface area contributed by atoms with Crippen LogP contribution in [0.25, 0.3) is 11.2 Å². The van der Waals surface area contributed by atoms with Crippen molar-refractivity contribution in [1.82, 2.24) is 19.9 Å². The summed E-state index contributed by atoms with van der Waals surface area (Å²) >= 11 is 0. The number of nitrogens with one attached hydrogen (secondary N) is 1. The zero-order valence-electron chi connectivity index (χ0n) is 12.9. The summed E-state index contributed by atoms with van der Waals surface area (Å²) in [5, 5.41) is 0. The monoisotopic (exact) mass is 309 g/mol. The second kappa shape index (κ2) is 6.24. The molecule has 0 radical (unpaired) electrons. The highest BCUT2D eigenvalue weighted by molar-refractivity contribution is 5.85. The lowest BCUT2D eigenvalue weighted by Crippen LogP contribution is -2.35. The molecule has 0 aliphatic carbocycles. The molecule has 1 saturated heterocycles. The van der Waals surface area contributed by atoms with Gasteiger partial charge in [0.2, 0.25) is 5.88 Å². The fourth-order valence-electron chi connectivity index (χ4n) is 3.08. The van der Waals surface area contributed by atoms with Gasteiger partial charge in [-0.1, -0.05) is 6.07 Å². The van der Waals surface area contributed by atoms with Crippen LogP contribution in [0.1, 0.15) is 12.8 Å². The van der Waals surface area contributed by atoms with Crippen molar-refractivity contribution in [2.75, 3.05) is 24.6 Å². The minimum absolute atomic E-state index is 0.576. The molecule has 1 fully saturated rings. The molecule has 0 atom stereocenters. The molecule has 6 heteroatoms. The highest BCUT2D eigenvalue weighted by atomic mass is 16.5. The SMILES string of the molecule is c1ccc(OCC2CCN(c3ccnc4nc[nH]c34)CC2)nc1. The van der Waals surface area contributed by atoms with Crippen LogP contribution in [-0.4, -0.2) is 39.6 Å². The number of ether oxygens (including phenoxy) is 1. The number of aromatic nitrogens is 4. The minimum Gasteiger partial charge on any atom is -0.477 e. The highest BCUT2D eigenvalue weighted by Gasteiger charge is 2.22. The molecule has 1 aliphatic heterocycles. The molecule has 3 aromatic rings. The Kier molecular flexibility index (Phi) is 3.80. The summed E-state index contributed by atoms with van der Waals surface area (Å²) in [5.41, 5.74) is 3.00. The van der Waals surface area contributed by atoms with Crippen molar-refractivity contribution in [2.24, 2.45) is 5.92 Å². The van der Waals surface area contributed by atoms with Crippen molar-refractivity contribution in [3.05, 3.63) is 43.0 Å². The van der Waals surface area contributed by atoms with E-state index in [1.807, 2.05) is 24.4 Å². The molecule has 0 aromatic carbocycles. The van der Waals surface area contributed by atoms with Crippen LogP contribution in [0.3, 0.4) is 0 Å². The third-order valence-corrected chi connectivity index (χ3v) is 4.36. The molecule has 0 bridgehead atoms. The lowest BCUT2D eigenvalue weighted by Gasteiger charge is -2.33. The zero-order valence-corrected chi connectivity index (χ0v) is 12.9.